The summed E-state index contributed by atoms with van der Waals surface area (Å²) in [6.07, 6.45) is 1.75. The van der Waals surface area contributed by atoms with Crippen LogP contribution in [0.4, 0.5) is 0 Å². The summed E-state index contributed by atoms with van der Waals surface area (Å²) in [7, 11) is -4.07. The number of nitrogens with two attached hydrogens (primary N) is 1. The second-order valence-electron chi connectivity index (χ2n) is 4.53. The van der Waals surface area contributed by atoms with Crippen molar-refractivity contribution >= 4 is 21.9 Å². The van der Waals surface area contributed by atoms with Crippen LogP contribution in [0.1, 0.15) is 18.9 Å². The van der Waals surface area contributed by atoms with E-state index in [1.165, 1.54) is 12.1 Å². The largest absolute Gasteiger partial charge is 0.480 e. The number of sulfonamides is 1. The van der Waals surface area contributed by atoms with Crippen LogP contribution in [-0.2, 0) is 26.0 Å². The van der Waals surface area contributed by atoms with Gasteiger partial charge in [-0.25, -0.2) is 8.42 Å². The molecule has 1 amide bonds. The molecule has 8 heteroatoms. The Labute approximate surface area is 123 Å². The van der Waals surface area contributed by atoms with Crippen LogP contribution in [0.15, 0.2) is 29.2 Å². The number of carboxylic acids is 1. The van der Waals surface area contributed by atoms with Crippen LogP contribution in [0.25, 0.3) is 0 Å². The zero-order chi connectivity index (χ0) is 16.0. The Kier molecular flexibility index (Phi) is 5.86. The van der Waals surface area contributed by atoms with Gasteiger partial charge < -0.3 is 10.8 Å². The number of aryl methyl sites for hydroxylation is 1. The lowest BCUT2D eigenvalue weighted by Gasteiger charge is -2.18. The van der Waals surface area contributed by atoms with E-state index in [1.54, 1.807) is 12.1 Å². The maximum atomic E-state index is 12.3. The van der Waals surface area contributed by atoms with E-state index in [0.717, 1.165) is 18.4 Å². The fraction of sp³-hybridized carbons (Fsp3) is 0.385. The van der Waals surface area contributed by atoms with Crippen molar-refractivity contribution in [3.8, 4) is 0 Å². The molecule has 0 heterocycles. The number of carbonyl (C=O) groups excluding carboxylic acids is 1. The van der Waals surface area contributed by atoms with E-state index in [-0.39, 0.29) is 4.90 Å². The summed E-state index contributed by atoms with van der Waals surface area (Å²) in [5.41, 5.74) is 5.95. The predicted molar refractivity (Wildman–Crippen MR) is 76.0 cm³/mol. The van der Waals surface area contributed by atoms with Crippen molar-refractivity contribution in [3.63, 3.8) is 0 Å². The monoisotopic (exact) mass is 314 g/mol. The maximum absolute atomic E-state index is 12.3. The first-order chi connectivity index (χ1) is 9.77. The minimum atomic E-state index is -4.07. The molecule has 21 heavy (non-hydrogen) atoms. The molecule has 1 aromatic rings. The summed E-state index contributed by atoms with van der Waals surface area (Å²) in [4.78, 5) is 21.6. The van der Waals surface area contributed by atoms with Crippen LogP contribution in [0.5, 0.6) is 0 Å². The average molecular weight is 314 g/mol. The van der Waals surface area contributed by atoms with Gasteiger partial charge in [0, 0.05) is 0 Å². The number of carboxylic acid groups (broad SMARTS) is 1. The van der Waals surface area contributed by atoms with Gasteiger partial charge in [0.15, 0.2) is 0 Å². The summed E-state index contributed by atoms with van der Waals surface area (Å²) in [6.45, 7) is 0.513. The van der Waals surface area contributed by atoms with Gasteiger partial charge in [-0.2, -0.15) is 4.31 Å². The van der Waals surface area contributed by atoms with Crippen molar-refractivity contribution < 1.29 is 23.1 Å². The number of benzene rings is 1. The van der Waals surface area contributed by atoms with Crippen molar-refractivity contribution in [3.05, 3.63) is 29.8 Å². The van der Waals surface area contributed by atoms with Crippen molar-refractivity contribution in [2.75, 3.05) is 13.1 Å². The van der Waals surface area contributed by atoms with E-state index >= 15 is 0 Å². The molecular weight excluding hydrogens is 296 g/mol. The highest BCUT2D eigenvalue weighted by atomic mass is 32.2. The van der Waals surface area contributed by atoms with Crippen molar-refractivity contribution in [2.45, 2.75) is 24.7 Å². The number of primary amides is 1. The number of hydrogen-bond acceptors (Lipinski definition) is 4. The van der Waals surface area contributed by atoms with Crippen LogP contribution in [0, 0.1) is 0 Å². The highest BCUT2D eigenvalue weighted by Gasteiger charge is 2.27. The third kappa shape index (κ3) is 4.83. The smallest absolute Gasteiger partial charge is 0.318 e. The lowest BCUT2D eigenvalue weighted by Crippen LogP contribution is -2.41. The lowest BCUT2D eigenvalue weighted by molar-refractivity contribution is -0.137. The molecule has 0 radical (unpaired) electrons. The first kappa shape index (κ1) is 17.1. The normalized spacial score (nSPS) is 11.5. The number of carbonyl (C=O) groups is 2. The zero-order valence-electron chi connectivity index (χ0n) is 11.7. The molecule has 1 rings (SSSR count). The van der Waals surface area contributed by atoms with E-state index < -0.39 is 35.0 Å². The van der Waals surface area contributed by atoms with E-state index in [1.807, 2.05) is 6.92 Å². The zero-order valence-corrected chi connectivity index (χ0v) is 12.5. The fourth-order valence-electron chi connectivity index (χ4n) is 1.82. The summed E-state index contributed by atoms with van der Waals surface area (Å²) in [5, 5.41) is 8.76. The number of hydrogen-bond donors (Lipinski definition) is 2. The van der Waals surface area contributed by atoms with E-state index in [0.29, 0.717) is 4.31 Å². The van der Waals surface area contributed by atoms with E-state index in [4.69, 9.17) is 10.8 Å². The van der Waals surface area contributed by atoms with Gasteiger partial charge in [-0.05, 0) is 24.1 Å². The molecule has 7 nitrogen and oxygen atoms in total. The van der Waals surface area contributed by atoms with Crippen molar-refractivity contribution in [1.29, 1.82) is 0 Å². The Morgan fingerprint density at radius 1 is 1.19 bits per heavy atom. The Bertz CT molecular complexity index is 594. The Morgan fingerprint density at radius 2 is 1.76 bits per heavy atom. The molecule has 3 N–H and O–H groups in total. The molecule has 0 saturated carbocycles. The fourth-order valence-corrected chi connectivity index (χ4v) is 3.17. The molecule has 0 fully saturated rings. The second kappa shape index (κ2) is 7.19. The van der Waals surface area contributed by atoms with Gasteiger partial charge in [0.05, 0.1) is 11.4 Å². The number of aliphatic carboxylic acids is 1. The molecule has 0 atom stereocenters. The van der Waals surface area contributed by atoms with Gasteiger partial charge in [0.2, 0.25) is 15.9 Å². The van der Waals surface area contributed by atoms with E-state index in [9.17, 15) is 18.0 Å². The van der Waals surface area contributed by atoms with Gasteiger partial charge in [-0.1, -0.05) is 25.5 Å². The van der Waals surface area contributed by atoms with Gasteiger partial charge in [-0.3, -0.25) is 9.59 Å². The molecule has 0 aliphatic heterocycles. The van der Waals surface area contributed by atoms with Crippen LogP contribution in [0.2, 0.25) is 0 Å². The standard InChI is InChI=1S/C13H18N2O5S/c1-2-3-10-4-6-11(7-5-10)21(19,20)15(8-12(14)16)9-13(17)18/h4-7H,2-3,8-9H2,1H3,(H2,14,16)(H,17,18). The summed E-state index contributed by atoms with van der Waals surface area (Å²) in [6, 6.07) is 6.13. The van der Waals surface area contributed by atoms with Crippen LogP contribution in [0.3, 0.4) is 0 Å². The predicted octanol–water partition coefficient (Wildman–Crippen LogP) is 0.200. The Morgan fingerprint density at radius 3 is 2.19 bits per heavy atom. The van der Waals surface area contributed by atoms with Crippen LogP contribution in [-0.4, -0.2) is 42.8 Å². The third-order valence-electron chi connectivity index (χ3n) is 2.74. The van der Waals surface area contributed by atoms with E-state index in [2.05, 4.69) is 0 Å². The SMILES string of the molecule is CCCc1ccc(S(=O)(=O)N(CC(N)=O)CC(=O)O)cc1. The molecule has 0 spiro atoms. The number of rotatable bonds is 8. The first-order valence-electron chi connectivity index (χ1n) is 6.36. The molecule has 0 saturated heterocycles. The number of amides is 1. The molecule has 0 bridgehead atoms. The van der Waals surface area contributed by atoms with Gasteiger partial charge in [0.25, 0.3) is 0 Å². The summed E-state index contributed by atoms with van der Waals surface area (Å²) < 4.78 is 25.2. The topological polar surface area (TPSA) is 118 Å². The third-order valence-corrected chi connectivity index (χ3v) is 4.55. The number of nitrogens with zero attached hydrogens (tertiary/aromatic N) is 1. The first-order valence-corrected chi connectivity index (χ1v) is 7.80. The molecule has 116 valence electrons. The highest BCUT2D eigenvalue weighted by molar-refractivity contribution is 7.89. The minimum absolute atomic E-state index is 0.0650. The van der Waals surface area contributed by atoms with Crippen molar-refractivity contribution in [1.82, 2.24) is 4.31 Å². The molecule has 0 unspecified atom stereocenters. The molecule has 0 aliphatic rings. The van der Waals surface area contributed by atoms with Gasteiger partial charge >= 0.3 is 5.97 Å². The summed E-state index contributed by atoms with van der Waals surface area (Å²) in [5.74, 6) is -2.27. The van der Waals surface area contributed by atoms with Crippen molar-refractivity contribution in [2.24, 2.45) is 5.73 Å². The quantitative estimate of drug-likeness (QED) is 0.710. The molecule has 0 aromatic heterocycles. The summed E-state index contributed by atoms with van der Waals surface area (Å²) >= 11 is 0. The van der Waals surface area contributed by atoms with Gasteiger partial charge in [0.1, 0.15) is 6.54 Å². The Hall–Kier alpha value is -1.93. The van der Waals surface area contributed by atoms with Crippen LogP contribution < -0.4 is 5.73 Å². The maximum Gasteiger partial charge on any atom is 0.318 e. The Balaban J connectivity index is 3.09. The molecular formula is C13H18N2O5S. The second-order valence-corrected chi connectivity index (χ2v) is 6.47. The minimum Gasteiger partial charge on any atom is -0.480 e. The highest BCUT2D eigenvalue weighted by Crippen LogP contribution is 2.17. The van der Waals surface area contributed by atoms with Crippen LogP contribution >= 0.6 is 0 Å². The van der Waals surface area contributed by atoms with Gasteiger partial charge in [-0.15, -0.1) is 0 Å². The molecule has 1 aromatic carbocycles. The lowest BCUT2D eigenvalue weighted by atomic mass is 10.1. The average Bonchev–Trinajstić information content (AvgIpc) is 2.38. The molecule has 0 aliphatic carbocycles.